The van der Waals surface area contributed by atoms with Crippen molar-refractivity contribution in [2.45, 2.75) is 18.5 Å². The third kappa shape index (κ3) is 3.38. The number of nitrogens with zero attached hydrogens (tertiary/aromatic N) is 1. The van der Waals surface area contributed by atoms with Gasteiger partial charge in [-0.05, 0) is 17.2 Å². The van der Waals surface area contributed by atoms with Gasteiger partial charge in [0.15, 0.2) is 0 Å². The topological polar surface area (TPSA) is 50.1 Å². The average Bonchev–Trinajstić information content (AvgIpc) is 2.36. The Hall–Kier alpha value is -1.74. The van der Waals surface area contributed by atoms with Crippen molar-refractivity contribution in [3.05, 3.63) is 34.4 Å². The molecule has 19 heavy (non-hydrogen) atoms. The Morgan fingerprint density at radius 3 is 2.53 bits per heavy atom. The molecule has 0 amide bonds. The zero-order chi connectivity index (χ0) is 14.6. The molecule has 0 aliphatic rings. The standard InChI is InChI=1S/C12H9ClF3NO2/c1-19-10(18)4-9-7(5-13)2-3-8(6-17)11(9)12(14,15)16/h2-3H,4-5H2,1H3. The molecule has 0 bridgehead atoms. The lowest BCUT2D eigenvalue weighted by molar-refractivity contribution is -0.141. The number of carbonyl (C=O) groups excluding carboxylic acids is 1. The highest BCUT2D eigenvalue weighted by Gasteiger charge is 2.37. The number of hydrogen-bond donors (Lipinski definition) is 0. The van der Waals surface area contributed by atoms with Crippen LogP contribution in [0.3, 0.4) is 0 Å². The molecule has 0 spiro atoms. The van der Waals surface area contributed by atoms with Crippen LogP contribution < -0.4 is 0 Å². The summed E-state index contributed by atoms with van der Waals surface area (Å²) in [7, 11) is 1.07. The highest BCUT2D eigenvalue weighted by atomic mass is 35.5. The van der Waals surface area contributed by atoms with Crippen LogP contribution in [-0.2, 0) is 28.0 Å². The van der Waals surface area contributed by atoms with Crippen molar-refractivity contribution in [3.8, 4) is 6.07 Å². The molecule has 0 saturated heterocycles. The Morgan fingerprint density at radius 2 is 2.11 bits per heavy atom. The van der Waals surface area contributed by atoms with Gasteiger partial charge in [0, 0.05) is 5.88 Å². The van der Waals surface area contributed by atoms with E-state index in [1.165, 1.54) is 12.1 Å². The van der Waals surface area contributed by atoms with Crippen molar-refractivity contribution in [2.75, 3.05) is 7.11 Å². The molecule has 0 radical (unpaired) electrons. The van der Waals surface area contributed by atoms with Crippen LogP contribution in [-0.4, -0.2) is 13.1 Å². The molecule has 0 heterocycles. The molecule has 0 unspecified atom stereocenters. The van der Waals surface area contributed by atoms with Crippen molar-refractivity contribution in [1.82, 2.24) is 0 Å². The number of esters is 1. The molecule has 1 aromatic rings. The minimum absolute atomic E-state index is 0.151. The first-order valence-electron chi connectivity index (χ1n) is 5.10. The summed E-state index contributed by atoms with van der Waals surface area (Å²) in [5.41, 5.74) is -1.83. The van der Waals surface area contributed by atoms with E-state index < -0.39 is 29.7 Å². The normalized spacial score (nSPS) is 10.9. The van der Waals surface area contributed by atoms with E-state index in [2.05, 4.69) is 4.74 Å². The molecular weight excluding hydrogens is 283 g/mol. The first-order valence-corrected chi connectivity index (χ1v) is 5.63. The number of halogens is 4. The molecule has 0 aromatic heterocycles. The van der Waals surface area contributed by atoms with Crippen molar-refractivity contribution in [3.63, 3.8) is 0 Å². The molecule has 0 atom stereocenters. The smallest absolute Gasteiger partial charge is 0.417 e. The van der Waals surface area contributed by atoms with E-state index >= 15 is 0 Å². The summed E-state index contributed by atoms with van der Waals surface area (Å²) >= 11 is 5.57. The Kier molecular flexibility index (Phi) is 4.78. The second-order valence-electron chi connectivity index (χ2n) is 3.62. The zero-order valence-corrected chi connectivity index (χ0v) is 10.6. The quantitative estimate of drug-likeness (QED) is 0.635. The highest BCUT2D eigenvalue weighted by Crippen LogP contribution is 2.36. The minimum atomic E-state index is -4.74. The van der Waals surface area contributed by atoms with Gasteiger partial charge < -0.3 is 4.74 Å². The first-order chi connectivity index (χ1) is 8.85. The summed E-state index contributed by atoms with van der Waals surface area (Å²) in [6.45, 7) is 0. The zero-order valence-electron chi connectivity index (χ0n) is 9.84. The molecule has 3 nitrogen and oxygen atoms in total. The van der Waals surface area contributed by atoms with Crippen molar-refractivity contribution in [1.29, 1.82) is 5.26 Å². The molecule has 1 rings (SSSR count). The second kappa shape index (κ2) is 5.93. The Morgan fingerprint density at radius 1 is 1.47 bits per heavy atom. The van der Waals surface area contributed by atoms with E-state index in [4.69, 9.17) is 16.9 Å². The largest absolute Gasteiger partial charge is 0.469 e. The van der Waals surface area contributed by atoms with Crippen LogP contribution in [0.2, 0.25) is 0 Å². The van der Waals surface area contributed by atoms with Crippen molar-refractivity contribution < 1.29 is 22.7 Å². The fourth-order valence-corrected chi connectivity index (χ4v) is 1.90. The molecule has 0 aliphatic carbocycles. The van der Waals surface area contributed by atoms with Crippen LogP contribution in [0.15, 0.2) is 12.1 Å². The van der Waals surface area contributed by atoms with Crippen LogP contribution >= 0.6 is 11.6 Å². The van der Waals surface area contributed by atoms with E-state index in [1.807, 2.05) is 0 Å². The maximum Gasteiger partial charge on any atom is 0.417 e. The highest BCUT2D eigenvalue weighted by molar-refractivity contribution is 6.17. The van der Waals surface area contributed by atoms with Gasteiger partial charge in [-0.3, -0.25) is 4.79 Å². The molecule has 102 valence electrons. The maximum atomic E-state index is 13.0. The number of carbonyl (C=O) groups is 1. The number of benzene rings is 1. The van der Waals surface area contributed by atoms with Crippen LogP contribution in [0.1, 0.15) is 22.3 Å². The van der Waals surface area contributed by atoms with E-state index in [0.717, 1.165) is 13.2 Å². The fourth-order valence-electron chi connectivity index (χ4n) is 1.65. The van der Waals surface area contributed by atoms with Crippen LogP contribution in [0.5, 0.6) is 0 Å². The lowest BCUT2D eigenvalue weighted by atomic mass is 9.94. The van der Waals surface area contributed by atoms with E-state index in [9.17, 15) is 18.0 Å². The summed E-state index contributed by atoms with van der Waals surface area (Å²) in [6.07, 6.45) is -5.32. The number of rotatable bonds is 3. The number of hydrogen-bond acceptors (Lipinski definition) is 3. The summed E-state index contributed by atoms with van der Waals surface area (Å²) in [6, 6.07) is 3.82. The molecule has 1 aromatic carbocycles. The van der Waals surface area contributed by atoms with Gasteiger partial charge in [0.25, 0.3) is 0 Å². The van der Waals surface area contributed by atoms with Gasteiger partial charge in [0.05, 0.1) is 30.7 Å². The number of methoxy groups -OCH3 is 1. The van der Waals surface area contributed by atoms with Crippen LogP contribution in [0, 0.1) is 11.3 Å². The molecular formula is C12H9ClF3NO2. The van der Waals surface area contributed by atoms with Crippen LogP contribution in [0.4, 0.5) is 13.2 Å². The van der Waals surface area contributed by atoms with Gasteiger partial charge in [0.2, 0.25) is 0 Å². The number of ether oxygens (including phenoxy) is 1. The molecule has 0 N–H and O–H groups in total. The van der Waals surface area contributed by atoms with Gasteiger partial charge in [0.1, 0.15) is 0 Å². The summed E-state index contributed by atoms with van der Waals surface area (Å²) in [5.74, 6) is -1.02. The van der Waals surface area contributed by atoms with Gasteiger partial charge >= 0.3 is 12.1 Å². The lowest BCUT2D eigenvalue weighted by Crippen LogP contribution is -2.17. The van der Waals surface area contributed by atoms with Gasteiger partial charge in [-0.2, -0.15) is 18.4 Å². The maximum absolute atomic E-state index is 13.0. The predicted molar refractivity (Wildman–Crippen MR) is 61.4 cm³/mol. The van der Waals surface area contributed by atoms with Crippen molar-refractivity contribution in [2.24, 2.45) is 0 Å². The first kappa shape index (κ1) is 15.3. The van der Waals surface area contributed by atoms with Gasteiger partial charge in [-0.1, -0.05) is 6.07 Å². The van der Waals surface area contributed by atoms with Crippen LogP contribution in [0.25, 0.3) is 0 Å². The Labute approximate surface area is 112 Å². The lowest BCUT2D eigenvalue weighted by Gasteiger charge is -2.16. The average molecular weight is 292 g/mol. The summed E-state index contributed by atoms with van der Waals surface area (Å²) in [4.78, 5) is 11.2. The molecule has 0 aliphatic heterocycles. The number of nitriles is 1. The van der Waals surface area contributed by atoms with E-state index in [0.29, 0.717) is 0 Å². The minimum Gasteiger partial charge on any atom is -0.469 e. The fraction of sp³-hybridized carbons (Fsp3) is 0.333. The third-order valence-electron chi connectivity index (χ3n) is 2.51. The van der Waals surface area contributed by atoms with Gasteiger partial charge in [-0.15, -0.1) is 11.6 Å². The monoisotopic (exact) mass is 291 g/mol. The van der Waals surface area contributed by atoms with E-state index in [1.54, 1.807) is 0 Å². The molecule has 7 heteroatoms. The van der Waals surface area contributed by atoms with Crippen molar-refractivity contribution >= 4 is 17.6 Å². The molecule has 0 fully saturated rings. The summed E-state index contributed by atoms with van der Waals surface area (Å²) in [5, 5.41) is 8.76. The second-order valence-corrected chi connectivity index (χ2v) is 3.89. The Bertz CT molecular complexity index is 535. The Balaban J connectivity index is 3.53. The van der Waals surface area contributed by atoms with Gasteiger partial charge in [-0.25, -0.2) is 0 Å². The third-order valence-corrected chi connectivity index (χ3v) is 2.79. The SMILES string of the molecule is COC(=O)Cc1c(CCl)ccc(C#N)c1C(F)(F)F. The van der Waals surface area contributed by atoms with E-state index in [-0.39, 0.29) is 17.0 Å². The summed E-state index contributed by atoms with van der Waals surface area (Å²) < 4.78 is 43.4. The number of alkyl halides is 4. The molecule has 0 saturated carbocycles. The predicted octanol–water partition coefficient (Wildman–Crippen LogP) is 3.03.